The Balaban J connectivity index is 1.82. The highest BCUT2D eigenvalue weighted by atomic mass is 16.5. The van der Waals surface area contributed by atoms with Gasteiger partial charge in [-0.05, 0) is 36.6 Å². The van der Waals surface area contributed by atoms with E-state index >= 15 is 0 Å². The smallest absolute Gasteiger partial charge is 0.244 e. The summed E-state index contributed by atoms with van der Waals surface area (Å²) in [6.07, 6.45) is 6.85. The molecule has 2 N–H and O–H groups in total. The van der Waals surface area contributed by atoms with Gasteiger partial charge in [0, 0.05) is 12.6 Å². The first-order chi connectivity index (χ1) is 9.61. The third-order valence-corrected chi connectivity index (χ3v) is 3.67. The molecule has 1 aliphatic carbocycles. The van der Waals surface area contributed by atoms with Crippen molar-refractivity contribution >= 4 is 12.0 Å². The molecule has 0 unspecified atom stereocenters. The molecule has 0 spiro atoms. The van der Waals surface area contributed by atoms with Crippen molar-refractivity contribution < 1.29 is 14.6 Å². The molecule has 1 aliphatic rings. The predicted octanol–water partition coefficient (Wildman–Crippen LogP) is 2.13. The summed E-state index contributed by atoms with van der Waals surface area (Å²) in [6, 6.07) is 7.46. The summed E-state index contributed by atoms with van der Waals surface area (Å²) in [5.74, 6) is 0.608. The summed E-state index contributed by atoms with van der Waals surface area (Å²) in [4.78, 5) is 11.7. The second kappa shape index (κ2) is 6.57. The van der Waals surface area contributed by atoms with Crippen molar-refractivity contribution in [2.24, 2.45) is 0 Å². The largest absolute Gasteiger partial charge is 0.497 e. The van der Waals surface area contributed by atoms with Crippen LogP contribution >= 0.6 is 0 Å². The number of amides is 1. The van der Waals surface area contributed by atoms with E-state index in [1.807, 2.05) is 24.3 Å². The number of hydrogen-bond acceptors (Lipinski definition) is 3. The summed E-state index contributed by atoms with van der Waals surface area (Å²) in [5, 5.41) is 12.9. The molecule has 1 saturated carbocycles. The number of benzene rings is 1. The lowest BCUT2D eigenvalue weighted by atomic mass is 10.0. The molecule has 1 aromatic carbocycles. The topological polar surface area (TPSA) is 58.6 Å². The van der Waals surface area contributed by atoms with E-state index in [0.717, 1.165) is 37.0 Å². The highest BCUT2D eigenvalue weighted by Crippen LogP contribution is 2.28. The van der Waals surface area contributed by atoms with Crippen LogP contribution < -0.4 is 10.1 Å². The first-order valence-electron chi connectivity index (χ1n) is 6.94. The molecule has 0 atom stereocenters. The summed E-state index contributed by atoms with van der Waals surface area (Å²) < 4.78 is 5.07. The van der Waals surface area contributed by atoms with Gasteiger partial charge in [-0.3, -0.25) is 4.79 Å². The van der Waals surface area contributed by atoms with E-state index in [1.165, 1.54) is 6.08 Å². The monoisotopic (exact) mass is 275 g/mol. The predicted molar refractivity (Wildman–Crippen MR) is 78.5 cm³/mol. The second-order valence-electron chi connectivity index (χ2n) is 5.26. The van der Waals surface area contributed by atoms with Crippen LogP contribution in [0.15, 0.2) is 30.3 Å². The number of carbonyl (C=O) groups excluding carboxylic acids is 1. The van der Waals surface area contributed by atoms with Crippen molar-refractivity contribution in [2.45, 2.75) is 31.3 Å². The zero-order valence-corrected chi connectivity index (χ0v) is 11.8. The van der Waals surface area contributed by atoms with Gasteiger partial charge in [0.25, 0.3) is 0 Å². The molecule has 0 aliphatic heterocycles. The van der Waals surface area contributed by atoms with Crippen LogP contribution in [0.25, 0.3) is 6.08 Å². The van der Waals surface area contributed by atoms with E-state index in [9.17, 15) is 9.90 Å². The van der Waals surface area contributed by atoms with Crippen LogP contribution in [0.4, 0.5) is 0 Å². The number of carbonyl (C=O) groups is 1. The summed E-state index contributed by atoms with van der Waals surface area (Å²) in [7, 11) is 1.62. The Morgan fingerprint density at radius 1 is 1.35 bits per heavy atom. The normalized spacial score (nSPS) is 17.3. The minimum atomic E-state index is -0.705. The van der Waals surface area contributed by atoms with Gasteiger partial charge in [0.2, 0.25) is 5.91 Å². The molecule has 0 aromatic heterocycles. The van der Waals surface area contributed by atoms with Gasteiger partial charge in [0.05, 0.1) is 12.7 Å². The fourth-order valence-electron chi connectivity index (χ4n) is 2.41. The fourth-order valence-corrected chi connectivity index (χ4v) is 2.41. The molecule has 0 bridgehead atoms. The number of ether oxygens (including phenoxy) is 1. The molecule has 2 rings (SSSR count). The van der Waals surface area contributed by atoms with E-state index in [1.54, 1.807) is 13.2 Å². The fraction of sp³-hybridized carbons (Fsp3) is 0.438. The lowest BCUT2D eigenvalue weighted by Crippen LogP contribution is -2.40. The average Bonchev–Trinajstić information content (AvgIpc) is 2.91. The third kappa shape index (κ3) is 4.10. The first-order valence-corrected chi connectivity index (χ1v) is 6.94. The highest BCUT2D eigenvalue weighted by Gasteiger charge is 2.30. The summed E-state index contributed by atoms with van der Waals surface area (Å²) in [5.41, 5.74) is 0.226. The minimum Gasteiger partial charge on any atom is -0.497 e. The Labute approximate surface area is 119 Å². The van der Waals surface area contributed by atoms with Crippen molar-refractivity contribution in [1.82, 2.24) is 5.32 Å². The second-order valence-corrected chi connectivity index (χ2v) is 5.26. The van der Waals surface area contributed by atoms with Crippen molar-refractivity contribution in [3.8, 4) is 5.75 Å². The van der Waals surface area contributed by atoms with Crippen LogP contribution in [0, 0.1) is 0 Å². The molecule has 4 nitrogen and oxygen atoms in total. The molecule has 1 fully saturated rings. The van der Waals surface area contributed by atoms with Crippen molar-refractivity contribution in [3.05, 3.63) is 35.9 Å². The van der Waals surface area contributed by atoms with E-state index in [-0.39, 0.29) is 5.91 Å². The SMILES string of the molecule is COc1ccc(C=CC(=O)NCC2(O)CCCC2)cc1. The molecule has 0 saturated heterocycles. The summed E-state index contributed by atoms with van der Waals surface area (Å²) in [6.45, 7) is 0.332. The van der Waals surface area contributed by atoms with Crippen LogP contribution in [-0.4, -0.2) is 30.3 Å². The lowest BCUT2D eigenvalue weighted by molar-refractivity contribution is -0.117. The van der Waals surface area contributed by atoms with E-state index in [2.05, 4.69) is 5.32 Å². The van der Waals surface area contributed by atoms with Crippen LogP contribution in [0.1, 0.15) is 31.2 Å². The number of nitrogens with one attached hydrogen (secondary N) is 1. The average molecular weight is 275 g/mol. The quantitative estimate of drug-likeness (QED) is 0.809. The Hall–Kier alpha value is -1.81. The maximum atomic E-state index is 11.7. The minimum absolute atomic E-state index is 0.179. The van der Waals surface area contributed by atoms with Gasteiger partial charge in [0.1, 0.15) is 5.75 Å². The van der Waals surface area contributed by atoms with E-state index < -0.39 is 5.60 Å². The van der Waals surface area contributed by atoms with Crippen LogP contribution in [0.3, 0.4) is 0 Å². The molecule has 108 valence electrons. The number of methoxy groups -OCH3 is 1. The van der Waals surface area contributed by atoms with Gasteiger partial charge in [-0.1, -0.05) is 25.0 Å². The van der Waals surface area contributed by atoms with E-state index in [0.29, 0.717) is 6.54 Å². The van der Waals surface area contributed by atoms with Crippen molar-refractivity contribution in [3.63, 3.8) is 0 Å². The zero-order valence-electron chi connectivity index (χ0n) is 11.8. The van der Waals surface area contributed by atoms with Crippen molar-refractivity contribution in [2.75, 3.05) is 13.7 Å². The number of rotatable bonds is 5. The highest BCUT2D eigenvalue weighted by molar-refractivity contribution is 5.91. The third-order valence-electron chi connectivity index (χ3n) is 3.67. The lowest BCUT2D eigenvalue weighted by Gasteiger charge is -2.21. The molecule has 1 aromatic rings. The van der Waals surface area contributed by atoms with Gasteiger partial charge in [-0.25, -0.2) is 0 Å². The van der Waals surface area contributed by atoms with Gasteiger partial charge >= 0.3 is 0 Å². The van der Waals surface area contributed by atoms with E-state index in [4.69, 9.17) is 4.74 Å². The number of hydrogen-bond donors (Lipinski definition) is 2. The Kier molecular flexibility index (Phi) is 4.79. The maximum absolute atomic E-state index is 11.7. The molecular formula is C16H21NO3. The standard InChI is InChI=1S/C16H21NO3/c1-20-14-7-4-13(5-8-14)6-9-15(18)17-12-16(19)10-2-3-11-16/h4-9,19H,2-3,10-12H2,1H3,(H,17,18). The van der Waals surface area contributed by atoms with Crippen LogP contribution in [-0.2, 0) is 4.79 Å². The van der Waals surface area contributed by atoms with Crippen LogP contribution in [0.2, 0.25) is 0 Å². The Morgan fingerprint density at radius 2 is 2.00 bits per heavy atom. The molecule has 1 amide bonds. The first kappa shape index (κ1) is 14.6. The molecule has 0 radical (unpaired) electrons. The van der Waals surface area contributed by atoms with Gasteiger partial charge in [-0.15, -0.1) is 0 Å². The summed E-state index contributed by atoms with van der Waals surface area (Å²) >= 11 is 0. The molecule has 4 heteroatoms. The Bertz CT molecular complexity index is 473. The molecule has 0 heterocycles. The van der Waals surface area contributed by atoms with Gasteiger partial charge in [0.15, 0.2) is 0 Å². The molecular weight excluding hydrogens is 254 g/mol. The maximum Gasteiger partial charge on any atom is 0.244 e. The Morgan fingerprint density at radius 3 is 2.60 bits per heavy atom. The van der Waals surface area contributed by atoms with Crippen molar-refractivity contribution in [1.29, 1.82) is 0 Å². The van der Waals surface area contributed by atoms with Gasteiger partial charge in [-0.2, -0.15) is 0 Å². The molecule has 20 heavy (non-hydrogen) atoms. The zero-order chi connectivity index (χ0) is 14.4. The number of aliphatic hydroxyl groups is 1. The van der Waals surface area contributed by atoms with Crippen LogP contribution in [0.5, 0.6) is 5.75 Å². The van der Waals surface area contributed by atoms with Gasteiger partial charge < -0.3 is 15.2 Å².